The van der Waals surface area contributed by atoms with E-state index in [0.29, 0.717) is 5.71 Å². The first-order valence-electron chi connectivity index (χ1n) is 5.90. The number of nitrogens with one attached hydrogen (secondary N) is 1. The summed E-state index contributed by atoms with van der Waals surface area (Å²) in [6.07, 6.45) is 1.07. The van der Waals surface area contributed by atoms with Crippen LogP contribution in [0.5, 0.6) is 5.75 Å². The molecule has 1 aromatic carbocycles. The van der Waals surface area contributed by atoms with Gasteiger partial charge in [-0.05, 0) is 37.6 Å². The Bertz CT molecular complexity index is 555. The number of ether oxygens (including phenoxy) is 1. The molecule has 3 nitrogen and oxygen atoms in total. The van der Waals surface area contributed by atoms with Crippen LogP contribution in [0.3, 0.4) is 0 Å². The molecule has 0 aliphatic carbocycles. The number of nitrogens with zero attached hydrogens (tertiary/aromatic N) is 1. The van der Waals surface area contributed by atoms with Gasteiger partial charge in [0.1, 0.15) is 5.75 Å². The highest BCUT2D eigenvalue weighted by Gasteiger charge is 2.10. The highest BCUT2D eigenvalue weighted by Crippen LogP contribution is 2.25. The number of methoxy groups -OCH3 is 1. The van der Waals surface area contributed by atoms with Gasteiger partial charge in [-0.1, -0.05) is 6.92 Å². The molecule has 0 atom stereocenters. The average Bonchev–Trinajstić information content (AvgIpc) is 2.68. The van der Waals surface area contributed by atoms with Crippen molar-refractivity contribution in [3.05, 3.63) is 30.0 Å². The zero-order valence-corrected chi connectivity index (χ0v) is 10.6. The number of benzene rings is 1. The molecule has 1 heterocycles. The Morgan fingerprint density at radius 2 is 2.12 bits per heavy atom. The third-order valence-corrected chi connectivity index (χ3v) is 2.94. The molecular formula is C14H18N2O. The number of hydrogen-bond acceptors (Lipinski definition) is 2. The Hall–Kier alpha value is -1.77. The molecule has 2 aromatic rings. The number of hydrogen-bond donors (Lipinski definition) is 1. The van der Waals surface area contributed by atoms with Crippen molar-refractivity contribution in [2.75, 3.05) is 7.11 Å². The Kier molecular flexibility index (Phi) is 3.18. The van der Waals surface area contributed by atoms with E-state index in [4.69, 9.17) is 10.1 Å². The third-order valence-electron chi connectivity index (χ3n) is 2.94. The van der Waals surface area contributed by atoms with Gasteiger partial charge < -0.3 is 14.7 Å². The SMILES string of the molecule is CCCn1c(C(C)=N)cc2cc(OC)ccc21. The van der Waals surface area contributed by atoms with Gasteiger partial charge in [-0.25, -0.2) is 0 Å². The summed E-state index contributed by atoms with van der Waals surface area (Å²) in [5.41, 5.74) is 2.78. The first-order valence-corrected chi connectivity index (χ1v) is 5.90. The highest BCUT2D eigenvalue weighted by atomic mass is 16.5. The van der Waals surface area contributed by atoms with Gasteiger partial charge in [0.2, 0.25) is 0 Å². The van der Waals surface area contributed by atoms with Crippen LogP contribution in [0.2, 0.25) is 0 Å². The van der Waals surface area contributed by atoms with Crippen molar-refractivity contribution in [3.63, 3.8) is 0 Å². The molecule has 0 amide bonds. The van der Waals surface area contributed by atoms with E-state index >= 15 is 0 Å². The summed E-state index contributed by atoms with van der Waals surface area (Å²) < 4.78 is 7.43. The van der Waals surface area contributed by atoms with Crippen molar-refractivity contribution in [1.29, 1.82) is 5.41 Å². The van der Waals surface area contributed by atoms with E-state index < -0.39 is 0 Å². The fourth-order valence-corrected chi connectivity index (χ4v) is 2.15. The van der Waals surface area contributed by atoms with E-state index in [2.05, 4.69) is 23.6 Å². The molecule has 0 aliphatic heterocycles. The Balaban J connectivity index is 2.65. The van der Waals surface area contributed by atoms with Crippen LogP contribution in [-0.4, -0.2) is 17.4 Å². The Morgan fingerprint density at radius 3 is 2.71 bits per heavy atom. The van der Waals surface area contributed by atoms with Crippen LogP contribution in [0.25, 0.3) is 10.9 Å². The van der Waals surface area contributed by atoms with Crippen LogP contribution in [0.15, 0.2) is 24.3 Å². The van der Waals surface area contributed by atoms with Crippen molar-refractivity contribution >= 4 is 16.6 Å². The van der Waals surface area contributed by atoms with Gasteiger partial charge >= 0.3 is 0 Å². The zero-order valence-electron chi connectivity index (χ0n) is 10.6. The molecule has 0 saturated carbocycles. The van der Waals surface area contributed by atoms with Crippen LogP contribution < -0.4 is 4.74 Å². The van der Waals surface area contributed by atoms with E-state index in [9.17, 15) is 0 Å². The van der Waals surface area contributed by atoms with E-state index in [1.165, 1.54) is 5.52 Å². The van der Waals surface area contributed by atoms with Crippen LogP contribution in [0.1, 0.15) is 26.0 Å². The summed E-state index contributed by atoms with van der Waals surface area (Å²) in [4.78, 5) is 0. The first kappa shape index (κ1) is 11.7. The number of aryl methyl sites for hydroxylation is 1. The summed E-state index contributed by atoms with van der Waals surface area (Å²) >= 11 is 0. The van der Waals surface area contributed by atoms with Crippen molar-refractivity contribution in [2.45, 2.75) is 26.8 Å². The third kappa shape index (κ3) is 2.05. The molecule has 0 saturated heterocycles. The second-order valence-corrected chi connectivity index (χ2v) is 4.23. The molecule has 0 fully saturated rings. The maximum atomic E-state index is 7.83. The maximum absolute atomic E-state index is 7.83. The predicted molar refractivity (Wildman–Crippen MR) is 71.3 cm³/mol. The minimum absolute atomic E-state index is 0.605. The second kappa shape index (κ2) is 4.62. The Labute approximate surface area is 102 Å². The molecule has 2 rings (SSSR count). The topological polar surface area (TPSA) is 38.0 Å². The quantitative estimate of drug-likeness (QED) is 0.803. The minimum atomic E-state index is 0.605. The van der Waals surface area contributed by atoms with Crippen LogP contribution in [0, 0.1) is 5.41 Å². The summed E-state index contributed by atoms with van der Waals surface area (Å²) in [7, 11) is 1.67. The second-order valence-electron chi connectivity index (χ2n) is 4.23. The van der Waals surface area contributed by atoms with Crippen LogP contribution >= 0.6 is 0 Å². The van der Waals surface area contributed by atoms with Crippen LogP contribution in [0.4, 0.5) is 0 Å². The van der Waals surface area contributed by atoms with Gasteiger partial charge in [-0.15, -0.1) is 0 Å². The van der Waals surface area contributed by atoms with E-state index in [-0.39, 0.29) is 0 Å². The lowest BCUT2D eigenvalue weighted by Gasteiger charge is -2.08. The van der Waals surface area contributed by atoms with E-state index in [1.807, 2.05) is 19.1 Å². The smallest absolute Gasteiger partial charge is 0.119 e. The molecule has 0 spiro atoms. The van der Waals surface area contributed by atoms with Gasteiger partial charge in [0, 0.05) is 17.4 Å². The molecule has 90 valence electrons. The van der Waals surface area contributed by atoms with Gasteiger partial charge in [-0.3, -0.25) is 0 Å². The normalized spacial score (nSPS) is 10.8. The standard InChI is InChI=1S/C14H18N2O/c1-4-7-16-13-6-5-12(17-3)8-11(13)9-14(16)10(2)15/h5-6,8-9,15H,4,7H2,1-3H3. The average molecular weight is 230 g/mol. The molecule has 0 unspecified atom stereocenters. The lowest BCUT2D eigenvalue weighted by atomic mass is 10.2. The summed E-state index contributed by atoms with van der Waals surface area (Å²) in [6, 6.07) is 8.12. The highest BCUT2D eigenvalue weighted by molar-refractivity contribution is 6.00. The minimum Gasteiger partial charge on any atom is -0.497 e. The monoisotopic (exact) mass is 230 g/mol. The summed E-state index contributed by atoms with van der Waals surface area (Å²) in [6.45, 7) is 4.93. The molecular weight excluding hydrogens is 212 g/mol. The van der Waals surface area contributed by atoms with Gasteiger partial charge in [0.15, 0.2) is 0 Å². The van der Waals surface area contributed by atoms with Gasteiger partial charge in [0.05, 0.1) is 18.5 Å². The van der Waals surface area contributed by atoms with Crippen molar-refractivity contribution in [2.24, 2.45) is 0 Å². The fourth-order valence-electron chi connectivity index (χ4n) is 2.15. The molecule has 1 N–H and O–H groups in total. The molecule has 17 heavy (non-hydrogen) atoms. The largest absolute Gasteiger partial charge is 0.497 e. The first-order chi connectivity index (χ1) is 8.17. The molecule has 0 aliphatic rings. The molecule has 0 bridgehead atoms. The van der Waals surface area contributed by atoms with Crippen molar-refractivity contribution in [3.8, 4) is 5.75 Å². The lowest BCUT2D eigenvalue weighted by molar-refractivity contribution is 0.415. The van der Waals surface area contributed by atoms with Crippen molar-refractivity contribution in [1.82, 2.24) is 4.57 Å². The predicted octanol–water partition coefficient (Wildman–Crippen LogP) is 3.45. The number of fused-ring (bicyclic) bond motifs is 1. The van der Waals surface area contributed by atoms with Crippen LogP contribution in [-0.2, 0) is 6.54 Å². The number of aromatic nitrogens is 1. The molecule has 3 heteroatoms. The molecule has 0 radical (unpaired) electrons. The van der Waals surface area contributed by atoms with Crippen molar-refractivity contribution < 1.29 is 4.74 Å². The van der Waals surface area contributed by atoms with Gasteiger partial charge in [0.25, 0.3) is 0 Å². The Morgan fingerprint density at radius 1 is 1.35 bits per heavy atom. The van der Waals surface area contributed by atoms with Gasteiger partial charge in [-0.2, -0.15) is 0 Å². The summed E-state index contributed by atoms with van der Waals surface area (Å²) in [5, 5.41) is 8.97. The fraction of sp³-hybridized carbons (Fsp3) is 0.357. The van der Waals surface area contributed by atoms with E-state index in [1.54, 1.807) is 7.11 Å². The maximum Gasteiger partial charge on any atom is 0.119 e. The molecule has 1 aromatic heterocycles. The zero-order chi connectivity index (χ0) is 12.4. The number of rotatable bonds is 4. The lowest BCUT2D eigenvalue weighted by Crippen LogP contribution is -2.05. The summed E-state index contributed by atoms with van der Waals surface area (Å²) in [5.74, 6) is 0.861. The van der Waals surface area contributed by atoms with E-state index in [0.717, 1.165) is 29.8 Å².